The standard InChI is InChI=1S/C9H8F2O/c1-6-2-3-7(9(10)11)4-8(6)5-12/h2-5,9H,1H3. The summed E-state index contributed by atoms with van der Waals surface area (Å²) >= 11 is 0. The summed E-state index contributed by atoms with van der Waals surface area (Å²) in [4.78, 5) is 10.4. The lowest BCUT2D eigenvalue weighted by Crippen LogP contribution is -1.90. The van der Waals surface area contributed by atoms with Crippen LogP contribution in [0.5, 0.6) is 0 Å². The zero-order valence-electron chi connectivity index (χ0n) is 6.55. The van der Waals surface area contributed by atoms with Gasteiger partial charge in [0.05, 0.1) is 0 Å². The Kier molecular flexibility index (Phi) is 2.53. The minimum absolute atomic E-state index is 0.109. The van der Waals surface area contributed by atoms with Gasteiger partial charge in [0.25, 0.3) is 6.43 Å². The highest BCUT2D eigenvalue weighted by atomic mass is 19.3. The maximum Gasteiger partial charge on any atom is 0.263 e. The van der Waals surface area contributed by atoms with Crippen LogP contribution in [0.4, 0.5) is 8.78 Å². The SMILES string of the molecule is Cc1ccc(C(F)F)cc1C=O. The molecule has 12 heavy (non-hydrogen) atoms. The number of carbonyl (C=O) groups excluding carboxylic acids is 1. The van der Waals surface area contributed by atoms with Gasteiger partial charge >= 0.3 is 0 Å². The van der Waals surface area contributed by atoms with Crippen molar-refractivity contribution < 1.29 is 13.6 Å². The van der Waals surface area contributed by atoms with Crippen molar-refractivity contribution >= 4 is 6.29 Å². The van der Waals surface area contributed by atoms with Gasteiger partial charge in [0.15, 0.2) is 0 Å². The van der Waals surface area contributed by atoms with Crippen LogP contribution in [0.3, 0.4) is 0 Å². The van der Waals surface area contributed by atoms with Gasteiger partial charge in [-0.05, 0) is 18.6 Å². The van der Waals surface area contributed by atoms with Crippen molar-refractivity contribution in [1.82, 2.24) is 0 Å². The molecule has 0 radical (unpaired) electrons. The number of carbonyl (C=O) groups is 1. The minimum Gasteiger partial charge on any atom is -0.298 e. The summed E-state index contributed by atoms with van der Waals surface area (Å²) in [7, 11) is 0. The molecule has 0 heterocycles. The maximum absolute atomic E-state index is 12.1. The predicted molar refractivity (Wildman–Crippen MR) is 41.5 cm³/mol. The molecule has 1 nitrogen and oxygen atoms in total. The van der Waals surface area contributed by atoms with Gasteiger partial charge in [0.1, 0.15) is 6.29 Å². The van der Waals surface area contributed by atoms with Crippen LogP contribution in [0.2, 0.25) is 0 Å². The average molecular weight is 170 g/mol. The molecular weight excluding hydrogens is 162 g/mol. The van der Waals surface area contributed by atoms with Crippen molar-refractivity contribution in [1.29, 1.82) is 0 Å². The van der Waals surface area contributed by atoms with E-state index < -0.39 is 6.43 Å². The maximum atomic E-state index is 12.1. The Hall–Kier alpha value is -1.25. The number of rotatable bonds is 2. The molecule has 0 fully saturated rings. The van der Waals surface area contributed by atoms with E-state index in [0.717, 1.165) is 5.56 Å². The number of benzene rings is 1. The molecule has 0 aromatic heterocycles. The van der Waals surface area contributed by atoms with Gasteiger partial charge in [-0.15, -0.1) is 0 Å². The van der Waals surface area contributed by atoms with Gasteiger partial charge in [-0.2, -0.15) is 0 Å². The van der Waals surface area contributed by atoms with E-state index in [2.05, 4.69) is 0 Å². The number of aldehydes is 1. The summed E-state index contributed by atoms with van der Waals surface area (Å²) in [5.74, 6) is 0. The van der Waals surface area contributed by atoms with Crippen LogP contribution in [0.1, 0.15) is 27.9 Å². The molecule has 0 unspecified atom stereocenters. The van der Waals surface area contributed by atoms with E-state index in [1.54, 1.807) is 6.92 Å². The second kappa shape index (κ2) is 3.43. The molecular formula is C9H8F2O. The molecule has 0 saturated carbocycles. The Balaban J connectivity index is 3.13. The third-order valence-corrected chi connectivity index (χ3v) is 1.68. The summed E-state index contributed by atoms with van der Waals surface area (Å²) in [6.07, 6.45) is -1.93. The topological polar surface area (TPSA) is 17.1 Å². The molecule has 0 aliphatic rings. The van der Waals surface area contributed by atoms with Crippen molar-refractivity contribution in [3.05, 3.63) is 34.9 Å². The number of aryl methyl sites for hydroxylation is 1. The average Bonchev–Trinajstić information content (AvgIpc) is 2.05. The molecule has 64 valence electrons. The molecule has 0 N–H and O–H groups in total. The first-order valence-corrected chi connectivity index (χ1v) is 3.49. The highest BCUT2D eigenvalue weighted by Crippen LogP contribution is 2.20. The summed E-state index contributed by atoms with van der Waals surface area (Å²) in [6.45, 7) is 1.71. The van der Waals surface area contributed by atoms with Crippen molar-refractivity contribution in [2.24, 2.45) is 0 Å². The molecule has 1 aromatic rings. The fourth-order valence-corrected chi connectivity index (χ4v) is 0.922. The number of alkyl halides is 2. The first-order valence-electron chi connectivity index (χ1n) is 3.49. The molecule has 3 heteroatoms. The first kappa shape index (κ1) is 8.84. The van der Waals surface area contributed by atoms with Crippen LogP contribution in [-0.2, 0) is 0 Å². The fourth-order valence-electron chi connectivity index (χ4n) is 0.922. The first-order chi connectivity index (χ1) is 5.65. The smallest absolute Gasteiger partial charge is 0.263 e. The fraction of sp³-hybridized carbons (Fsp3) is 0.222. The highest BCUT2D eigenvalue weighted by Gasteiger charge is 2.07. The Bertz CT molecular complexity index is 295. The third-order valence-electron chi connectivity index (χ3n) is 1.68. The van der Waals surface area contributed by atoms with Crippen LogP contribution in [0.25, 0.3) is 0 Å². The van der Waals surface area contributed by atoms with Crippen molar-refractivity contribution in [3.8, 4) is 0 Å². The van der Waals surface area contributed by atoms with E-state index in [9.17, 15) is 13.6 Å². The molecule has 0 amide bonds. The minimum atomic E-state index is -2.51. The predicted octanol–water partition coefficient (Wildman–Crippen LogP) is 2.75. The second-order valence-electron chi connectivity index (χ2n) is 2.53. The Morgan fingerprint density at radius 1 is 1.42 bits per heavy atom. The summed E-state index contributed by atoms with van der Waals surface area (Å²) in [5, 5.41) is 0. The van der Waals surface area contributed by atoms with Crippen molar-refractivity contribution in [3.63, 3.8) is 0 Å². The molecule has 0 aliphatic carbocycles. The lowest BCUT2D eigenvalue weighted by atomic mass is 10.1. The van der Waals surface area contributed by atoms with Crippen LogP contribution < -0.4 is 0 Å². The molecule has 0 saturated heterocycles. The van der Waals surface area contributed by atoms with Gasteiger partial charge in [0, 0.05) is 11.1 Å². The largest absolute Gasteiger partial charge is 0.298 e. The van der Waals surface area contributed by atoms with Gasteiger partial charge in [-0.25, -0.2) is 8.78 Å². The molecule has 0 spiro atoms. The van der Waals surface area contributed by atoms with Gasteiger partial charge < -0.3 is 0 Å². The Morgan fingerprint density at radius 2 is 2.08 bits per heavy atom. The van der Waals surface area contributed by atoms with E-state index in [1.807, 2.05) is 0 Å². The molecule has 0 bridgehead atoms. The van der Waals surface area contributed by atoms with E-state index in [4.69, 9.17) is 0 Å². The number of hydrogen-bond donors (Lipinski definition) is 0. The van der Waals surface area contributed by atoms with Crippen LogP contribution in [0.15, 0.2) is 18.2 Å². The van der Waals surface area contributed by atoms with Crippen LogP contribution in [0, 0.1) is 6.92 Å². The number of hydrogen-bond acceptors (Lipinski definition) is 1. The van der Waals surface area contributed by atoms with Gasteiger partial charge in [-0.1, -0.05) is 12.1 Å². The Labute approximate surface area is 69.0 Å². The zero-order chi connectivity index (χ0) is 9.14. The lowest BCUT2D eigenvalue weighted by molar-refractivity contribution is 0.112. The van der Waals surface area contributed by atoms with E-state index >= 15 is 0 Å². The van der Waals surface area contributed by atoms with Gasteiger partial charge in [0.2, 0.25) is 0 Å². The quantitative estimate of drug-likeness (QED) is 0.623. The van der Waals surface area contributed by atoms with Crippen LogP contribution >= 0.6 is 0 Å². The molecule has 1 aromatic carbocycles. The second-order valence-corrected chi connectivity index (χ2v) is 2.53. The van der Waals surface area contributed by atoms with E-state index in [1.165, 1.54) is 18.2 Å². The number of halogens is 2. The summed E-state index contributed by atoms with van der Waals surface area (Å²) in [6, 6.07) is 4.06. The van der Waals surface area contributed by atoms with Crippen molar-refractivity contribution in [2.75, 3.05) is 0 Å². The monoisotopic (exact) mass is 170 g/mol. The van der Waals surface area contributed by atoms with Crippen LogP contribution in [-0.4, -0.2) is 6.29 Å². The zero-order valence-corrected chi connectivity index (χ0v) is 6.55. The molecule has 1 rings (SSSR count). The highest BCUT2D eigenvalue weighted by molar-refractivity contribution is 5.77. The van der Waals surface area contributed by atoms with Crippen molar-refractivity contribution in [2.45, 2.75) is 13.3 Å². The lowest BCUT2D eigenvalue weighted by Gasteiger charge is -2.02. The van der Waals surface area contributed by atoms with Gasteiger partial charge in [-0.3, -0.25) is 4.79 Å². The molecule has 0 aliphatic heterocycles. The summed E-state index contributed by atoms with van der Waals surface area (Å²) in [5.41, 5.74) is 0.935. The molecule has 0 atom stereocenters. The summed E-state index contributed by atoms with van der Waals surface area (Å²) < 4.78 is 24.2. The Morgan fingerprint density at radius 3 is 2.58 bits per heavy atom. The third kappa shape index (κ3) is 1.67. The normalized spacial score (nSPS) is 10.3. The van der Waals surface area contributed by atoms with E-state index in [-0.39, 0.29) is 5.56 Å². The van der Waals surface area contributed by atoms with E-state index in [0.29, 0.717) is 11.8 Å².